The van der Waals surface area contributed by atoms with Gasteiger partial charge in [-0.15, -0.1) is 0 Å². The topological polar surface area (TPSA) is 22.1 Å². The number of methoxy groups -OCH3 is 1. The molecule has 0 bridgehead atoms. The minimum Gasteiger partial charge on any atom is -0.494 e. The monoisotopic (exact) mass is 343 g/mol. The van der Waals surface area contributed by atoms with Gasteiger partial charge in [0.25, 0.3) is 0 Å². The molecule has 0 saturated heterocycles. The van der Waals surface area contributed by atoms with Crippen molar-refractivity contribution in [2.45, 2.75) is 6.42 Å². The largest absolute Gasteiger partial charge is 0.494 e. The van der Waals surface area contributed by atoms with E-state index in [2.05, 4.69) is 20.9 Å². The predicted molar refractivity (Wildman–Crippen MR) is 78.7 cm³/mol. The number of hydrogen-bond acceptors (Lipinski definition) is 2. The number of aryl methyl sites for hydroxylation is 1. The lowest BCUT2D eigenvalue weighted by molar-refractivity contribution is 0.414. The molecule has 1 aromatic carbocycles. The summed E-state index contributed by atoms with van der Waals surface area (Å²) in [5, 5.41) is 0.905. The Morgan fingerprint density at radius 1 is 1.32 bits per heavy atom. The Balaban J connectivity index is 2.51. The van der Waals surface area contributed by atoms with Crippen LogP contribution in [-0.4, -0.2) is 17.4 Å². The molecule has 0 amide bonds. The molecule has 5 heteroatoms. The first-order valence-electron chi connectivity index (χ1n) is 5.71. The summed E-state index contributed by atoms with van der Waals surface area (Å²) in [5.74, 6) is 0.196. The maximum absolute atomic E-state index is 13.2. The zero-order chi connectivity index (χ0) is 13.8. The fourth-order valence-corrected chi connectivity index (χ4v) is 2.32. The van der Waals surface area contributed by atoms with Crippen molar-refractivity contribution >= 4 is 27.5 Å². The van der Waals surface area contributed by atoms with E-state index < -0.39 is 5.82 Å². The first-order chi connectivity index (χ1) is 9.15. The van der Waals surface area contributed by atoms with Gasteiger partial charge >= 0.3 is 0 Å². The quantitative estimate of drug-likeness (QED) is 0.763. The second kappa shape index (κ2) is 6.35. The van der Waals surface area contributed by atoms with E-state index in [1.165, 1.54) is 6.07 Å². The van der Waals surface area contributed by atoms with E-state index in [4.69, 9.17) is 16.3 Å². The summed E-state index contributed by atoms with van der Waals surface area (Å²) in [5.41, 5.74) is 2.34. The van der Waals surface area contributed by atoms with Crippen LogP contribution < -0.4 is 4.74 Å². The second-order valence-electron chi connectivity index (χ2n) is 3.92. The van der Waals surface area contributed by atoms with E-state index in [1.807, 2.05) is 12.1 Å². The predicted octanol–water partition coefficient (Wildman–Crippen LogP) is 4.49. The van der Waals surface area contributed by atoms with Crippen molar-refractivity contribution in [3.63, 3.8) is 0 Å². The molecule has 2 aromatic rings. The SMILES string of the molecule is COc1ccc(CCBr)nc1-c1ccc(F)c(Cl)c1. The van der Waals surface area contributed by atoms with Gasteiger partial charge in [0.2, 0.25) is 0 Å². The lowest BCUT2D eigenvalue weighted by Crippen LogP contribution is -1.97. The Labute approximate surface area is 124 Å². The molecule has 0 fully saturated rings. The van der Waals surface area contributed by atoms with E-state index in [9.17, 15) is 4.39 Å². The molecule has 2 nitrogen and oxygen atoms in total. The fourth-order valence-electron chi connectivity index (χ4n) is 1.74. The summed E-state index contributed by atoms with van der Waals surface area (Å²) in [6, 6.07) is 8.30. The fraction of sp³-hybridized carbons (Fsp3) is 0.214. The number of alkyl halides is 1. The van der Waals surface area contributed by atoms with E-state index in [1.54, 1.807) is 19.2 Å². The van der Waals surface area contributed by atoms with Crippen LogP contribution in [0, 0.1) is 5.82 Å². The molecule has 19 heavy (non-hydrogen) atoms. The number of benzene rings is 1. The third-order valence-corrected chi connectivity index (χ3v) is 3.37. The van der Waals surface area contributed by atoms with Gasteiger partial charge in [0, 0.05) is 16.6 Å². The van der Waals surface area contributed by atoms with Crippen LogP contribution in [0.15, 0.2) is 30.3 Å². The lowest BCUT2D eigenvalue weighted by atomic mass is 10.1. The molecule has 1 aromatic heterocycles. The van der Waals surface area contributed by atoms with Crippen molar-refractivity contribution in [1.82, 2.24) is 4.98 Å². The highest BCUT2D eigenvalue weighted by atomic mass is 79.9. The molecule has 0 aliphatic heterocycles. The summed E-state index contributed by atoms with van der Waals surface area (Å²) in [6.45, 7) is 0. The van der Waals surface area contributed by atoms with Crippen molar-refractivity contribution in [2.75, 3.05) is 12.4 Å². The number of halogens is 3. The van der Waals surface area contributed by atoms with Crippen molar-refractivity contribution in [2.24, 2.45) is 0 Å². The summed E-state index contributed by atoms with van der Waals surface area (Å²) in [7, 11) is 1.58. The van der Waals surface area contributed by atoms with E-state index in [0.29, 0.717) is 11.4 Å². The summed E-state index contributed by atoms with van der Waals surface area (Å²) >= 11 is 9.19. The van der Waals surface area contributed by atoms with Gasteiger partial charge in [-0.3, -0.25) is 0 Å². The molecule has 2 rings (SSSR count). The average molecular weight is 345 g/mol. The van der Waals surface area contributed by atoms with Crippen LogP contribution in [0.1, 0.15) is 5.69 Å². The minimum atomic E-state index is -0.444. The zero-order valence-electron chi connectivity index (χ0n) is 10.3. The van der Waals surface area contributed by atoms with Crippen molar-refractivity contribution in [3.8, 4) is 17.0 Å². The molecule has 1 heterocycles. The number of hydrogen-bond donors (Lipinski definition) is 0. The number of aromatic nitrogens is 1. The molecule has 0 aliphatic carbocycles. The van der Waals surface area contributed by atoms with Gasteiger partial charge in [-0.1, -0.05) is 27.5 Å². The average Bonchev–Trinajstić information content (AvgIpc) is 2.42. The first kappa shape index (κ1) is 14.3. The molecular formula is C14H12BrClFNO. The number of pyridine rings is 1. The molecule has 0 aliphatic rings. The Hall–Kier alpha value is -1.13. The summed E-state index contributed by atoms with van der Waals surface area (Å²) in [4.78, 5) is 4.54. The van der Waals surface area contributed by atoms with Gasteiger partial charge in [0.1, 0.15) is 17.3 Å². The highest BCUT2D eigenvalue weighted by Gasteiger charge is 2.11. The van der Waals surface area contributed by atoms with E-state index >= 15 is 0 Å². The van der Waals surface area contributed by atoms with Gasteiger partial charge in [-0.05, 0) is 36.8 Å². The van der Waals surface area contributed by atoms with Crippen molar-refractivity contribution in [1.29, 1.82) is 0 Å². The lowest BCUT2D eigenvalue weighted by Gasteiger charge is -2.10. The molecular weight excluding hydrogens is 333 g/mol. The molecule has 0 radical (unpaired) electrons. The molecule has 0 atom stereocenters. The Morgan fingerprint density at radius 2 is 2.11 bits per heavy atom. The highest BCUT2D eigenvalue weighted by Crippen LogP contribution is 2.30. The van der Waals surface area contributed by atoms with E-state index in [0.717, 1.165) is 23.0 Å². The zero-order valence-corrected chi connectivity index (χ0v) is 12.6. The van der Waals surface area contributed by atoms with Gasteiger partial charge in [0.15, 0.2) is 0 Å². The third-order valence-electron chi connectivity index (χ3n) is 2.68. The molecule has 100 valence electrons. The van der Waals surface area contributed by atoms with Crippen LogP contribution >= 0.6 is 27.5 Å². The van der Waals surface area contributed by atoms with Crippen molar-refractivity contribution in [3.05, 3.63) is 46.9 Å². The van der Waals surface area contributed by atoms with Crippen LogP contribution in [0.25, 0.3) is 11.3 Å². The number of ether oxygens (including phenoxy) is 1. The van der Waals surface area contributed by atoms with Gasteiger partial charge in [0.05, 0.1) is 12.1 Å². The highest BCUT2D eigenvalue weighted by molar-refractivity contribution is 9.09. The second-order valence-corrected chi connectivity index (χ2v) is 5.12. The van der Waals surface area contributed by atoms with E-state index in [-0.39, 0.29) is 5.02 Å². The Kier molecular flexibility index (Phi) is 4.77. The van der Waals surface area contributed by atoms with Gasteiger partial charge in [-0.2, -0.15) is 0 Å². The van der Waals surface area contributed by atoms with Crippen LogP contribution in [0.4, 0.5) is 4.39 Å². The van der Waals surface area contributed by atoms with Crippen LogP contribution in [0.2, 0.25) is 5.02 Å². The number of rotatable bonds is 4. The van der Waals surface area contributed by atoms with Crippen molar-refractivity contribution < 1.29 is 9.13 Å². The number of nitrogens with zero attached hydrogens (tertiary/aromatic N) is 1. The normalized spacial score (nSPS) is 10.5. The molecule has 0 N–H and O–H groups in total. The maximum atomic E-state index is 13.2. The standard InChI is InChI=1S/C14H12BrClFNO/c1-19-13-5-3-10(6-7-15)18-14(13)9-2-4-12(17)11(16)8-9/h2-5,8H,6-7H2,1H3. The summed E-state index contributed by atoms with van der Waals surface area (Å²) < 4.78 is 18.5. The molecule has 0 unspecified atom stereocenters. The summed E-state index contributed by atoms with van der Waals surface area (Å²) in [6.07, 6.45) is 0.811. The molecule has 0 spiro atoms. The third kappa shape index (κ3) is 3.25. The van der Waals surface area contributed by atoms with Gasteiger partial charge in [-0.25, -0.2) is 9.37 Å². The smallest absolute Gasteiger partial charge is 0.145 e. The Morgan fingerprint density at radius 3 is 2.74 bits per heavy atom. The molecule has 0 saturated carbocycles. The van der Waals surface area contributed by atoms with Crippen LogP contribution in [-0.2, 0) is 6.42 Å². The minimum absolute atomic E-state index is 0.0762. The van der Waals surface area contributed by atoms with Gasteiger partial charge < -0.3 is 4.74 Å². The van der Waals surface area contributed by atoms with Crippen LogP contribution in [0.5, 0.6) is 5.75 Å². The Bertz CT molecular complexity index is 592. The first-order valence-corrected chi connectivity index (χ1v) is 7.21. The van der Waals surface area contributed by atoms with Crippen LogP contribution in [0.3, 0.4) is 0 Å². The maximum Gasteiger partial charge on any atom is 0.145 e.